The quantitative estimate of drug-likeness (QED) is 0.893. The van der Waals surface area contributed by atoms with Crippen LogP contribution in [0.15, 0.2) is 41.3 Å². The van der Waals surface area contributed by atoms with E-state index < -0.39 is 20.7 Å². The molecule has 0 aromatic heterocycles. The maximum absolute atomic E-state index is 11.9. The number of rotatable bonds is 2. The highest BCUT2D eigenvalue weighted by Gasteiger charge is 2.33. The first-order valence-corrected chi connectivity index (χ1v) is 6.45. The van der Waals surface area contributed by atoms with Crippen molar-refractivity contribution in [1.29, 1.82) is 0 Å². The van der Waals surface area contributed by atoms with Gasteiger partial charge in [-0.2, -0.15) is 0 Å². The van der Waals surface area contributed by atoms with E-state index in [1.807, 2.05) is 0 Å². The van der Waals surface area contributed by atoms with Crippen LogP contribution < -0.4 is 0 Å². The third-order valence-corrected chi connectivity index (χ3v) is 4.40. The van der Waals surface area contributed by atoms with Crippen molar-refractivity contribution in [2.75, 3.05) is 0 Å². The Kier molecular flexibility index (Phi) is 2.81. The summed E-state index contributed by atoms with van der Waals surface area (Å²) in [6.45, 7) is 0. The average Bonchev–Trinajstić information content (AvgIpc) is 2.55. The van der Waals surface area contributed by atoms with Crippen molar-refractivity contribution >= 4 is 32.3 Å². The van der Waals surface area contributed by atoms with E-state index in [1.54, 1.807) is 12.1 Å². The second kappa shape index (κ2) is 4.01. The smallest absolute Gasteiger partial charge is 0.347 e. The van der Waals surface area contributed by atoms with E-state index in [-0.39, 0.29) is 4.91 Å². The monoisotopic (exact) mass is 270 g/mol. The summed E-state index contributed by atoms with van der Waals surface area (Å²) in [4.78, 5) is 10.1. The van der Waals surface area contributed by atoms with Gasteiger partial charge < -0.3 is 5.11 Å². The number of allylic oxidation sites excluding steroid dienone is 2. The van der Waals surface area contributed by atoms with Crippen molar-refractivity contribution in [2.24, 2.45) is 0 Å². The lowest BCUT2D eigenvalue weighted by Crippen LogP contribution is -2.10. The number of halogens is 1. The van der Waals surface area contributed by atoms with Gasteiger partial charge in [0, 0.05) is 5.02 Å². The van der Waals surface area contributed by atoms with Gasteiger partial charge in [-0.15, -0.1) is 0 Å². The molecule has 0 bridgehead atoms. The number of hydrogen-bond acceptors (Lipinski definition) is 3. The Hall–Kier alpha value is -1.59. The van der Waals surface area contributed by atoms with E-state index in [0.717, 1.165) is 6.08 Å². The molecule has 88 valence electrons. The summed E-state index contributed by atoms with van der Waals surface area (Å²) in [5.74, 6) is -1.45. The molecule has 0 aliphatic carbocycles. The van der Waals surface area contributed by atoms with Gasteiger partial charge in [-0.3, -0.25) is 0 Å². The minimum atomic E-state index is -3.91. The van der Waals surface area contributed by atoms with Crippen LogP contribution in [0.25, 0.3) is 4.91 Å². The van der Waals surface area contributed by atoms with Crippen molar-refractivity contribution in [3.05, 3.63) is 51.9 Å². The number of carboxylic acids is 1. The molecule has 0 spiro atoms. The van der Waals surface area contributed by atoms with E-state index in [4.69, 9.17) is 16.7 Å². The zero-order valence-corrected chi connectivity index (χ0v) is 9.99. The molecular formula is C11H7ClO4S. The molecule has 0 fully saturated rings. The van der Waals surface area contributed by atoms with E-state index in [2.05, 4.69) is 0 Å². The maximum atomic E-state index is 11.9. The number of carboxylic acid groups (broad SMARTS) is 1. The molecule has 6 heteroatoms. The van der Waals surface area contributed by atoms with E-state index >= 15 is 0 Å². The summed E-state index contributed by atoms with van der Waals surface area (Å²) in [6.07, 6.45) is 2.36. The van der Waals surface area contributed by atoms with Crippen LogP contribution in [0.5, 0.6) is 0 Å². The Morgan fingerprint density at radius 1 is 1.12 bits per heavy atom. The molecule has 1 heterocycles. The Morgan fingerprint density at radius 3 is 2.18 bits per heavy atom. The highest BCUT2D eigenvalue weighted by molar-refractivity contribution is 8.05. The first-order valence-electron chi connectivity index (χ1n) is 4.59. The molecule has 0 radical (unpaired) electrons. The third-order valence-electron chi connectivity index (χ3n) is 2.30. The Balaban J connectivity index is 2.46. The average molecular weight is 271 g/mol. The Morgan fingerprint density at radius 2 is 1.71 bits per heavy atom. The number of carbonyl (C=O) groups is 1. The lowest BCUT2D eigenvalue weighted by Gasteiger charge is -2.04. The van der Waals surface area contributed by atoms with Crippen LogP contribution in [-0.2, 0) is 14.6 Å². The van der Waals surface area contributed by atoms with Gasteiger partial charge in [0.25, 0.3) is 0 Å². The standard InChI is InChI=1S/C11H7ClO4S/c12-8-3-1-7(2-4-8)9-5-6-10(11(13)14)17(9,15)16/h1-6H,(H,13,14). The summed E-state index contributed by atoms with van der Waals surface area (Å²) in [7, 11) is -3.91. The SMILES string of the molecule is O=C(O)C1=CC=C(c2ccc(Cl)cc2)S1(=O)=O. The predicted octanol–water partition coefficient (Wildman–Crippen LogP) is 2.08. The van der Waals surface area contributed by atoms with Gasteiger partial charge in [-0.25, -0.2) is 13.2 Å². The minimum Gasteiger partial charge on any atom is -0.477 e. The summed E-state index contributed by atoms with van der Waals surface area (Å²) in [5.41, 5.74) is 0.418. The largest absolute Gasteiger partial charge is 0.477 e. The van der Waals surface area contributed by atoms with Crippen molar-refractivity contribution in [3.8, 4) is 0 Å². The van der Waals surface area contributed by atoms with Crippen LogP contribution >= 0.6 is 11.6 Å². The Bertz CT molecular complexity index is 639. The van der Waals surface area contributed by atoms with Crippen molar-refractivity contribution in [3.63, 3.8) is 0 Å². The zero-order valence-electron chi connectivity index (χ0n) is 8.42. The fraction of sp³-hybridized carbons (Fsp3) is 0. The van der Waals surface area contributed by atoms with E-state index in [1.165, 1.54) is 18.2 Å². The summed E-state index contributed by atoms with van der Waals surface area (Å²) in [5, 5.41) is 9.24. The predicted molar refractivity (Wildman–Crippen MR) is 64.1 cm³/mol. The van der Waals surface area contributed by atoms with Crippen LogP contribution in [0, 0.1) is 0 Å². The van der Waals surface area contributed by atoms with E-state index in [9.17, 15) is 13.2 Å². The Labute approximate surface area is 103 Å². The van der Waals surface area contributed by atoms with Gasteiger partial charge in [0.15, 0.2) is 4.91 Å². The van der Waals surface area contributed by atoms with Crippen molar-refractivity contribution in [2.45, 2.75) is 0 Å². The number of benzene rings is 1. The molecule has 0 unspecified atom stereocenters. The van der Waals surface area contributed by atoms with Gasteiger partial charge in [0.1, 0.15) is 0 Å². The summed E-state index contributed by atoms with van der Waals surface area (Å²) < 4.78 is 23.7. The molecule has 1 N–H and O–H groups in total. The lowest BCUT2D eigenvalue weighted by molar-refractivity contribution is -0.131. The molecule has 1 aromatic rings. The lowest BCUT2D eigenvalue weighted by atomic mass is 10.2. The third kappa shape index (κ3) is 1.99. The molecule has 0 amide bonds. The normalized spacial score (nSPS) is 17.5. The van der Waals surface area contributed by atoms with Gasteiger partial charge in [-0.1, -0.05) is 23.7 Å². The molecule has 2 rings (SSSR count). The number of hydrogen-bond donors (Lipinski definition) is 1. The van der Waals surface area contributed by atoms with Crippen LogP contribution in [-0.4, -0.2) is 19.5 Å². The molecular weight excluding hydrogens is 264 g/mol. The van der Waals surface area contributed by atoms with Crippen LogP contribution in [0.1, 0.15) is 5.56 Å². The first-order chi connectivity index (χ1) is 7.93. The zero-order chi connectivity index (χ0) is 12.6. The fourth-order valence-electron chi connectivity index (χ4n) is 1.50. The van der Waals surface area contributed by atoms with Crippen LogP contribution in [0.3, 0.4) is 0 Å². The molecule has 17 heavy (non-hydrogen) atoms. The molecule has 0 saturated heterocycles. The minimum absolute atomic E-state index is 0.0217. The number of aliphatic carboxylic acids is 1. The molecule has 1 aliphatic rings. The van der Waals surface area contributed by atoms with Gasteiger partial charge in [0.2, 0.25) is 9.84 Å². The molecule has 0 saturated carbocycles. The van der Waals surface area contributed by atoms with Crippen LogP contribution in [0.4, 0.5) is 0 Å². The highest BCUT2D eigenvalue weighted by Crippen LogP contribution is 2.32. The molecule has 1 aromatic carbocycles. The van der Waals surface area contributed by atoms with Crippen molar-refractivity contribution < 1.29 is 18.3 Å². The number of sulfone groups is 1. The second-order valence-electron chi connectivity index (χ2n) is 3.38. The second-order valence-corrected chi connectivity index (χ2v) is 5.70. The fourth-order valence-corrected chi connectivity index (χ4v) is 3.03. The molecule has 4 nitrogen and oxygen atoms in total. The van der Waals surface area contributed by atoms with Gasteiger partial charge in [0.05, 0.1) is 4.91 Å². The molecule has 1 aliphatic heterocycles. The molecule has 0 atom stereocenters. The maximum Gasteiger partial charge on any atom is 0.347 e. The van der Waals surface area contributed by atoms with E-state index in [0.29, 0.717) is 10.6 Å². The van der Waals surface area contributed by atoms with Crippen molar-refractivity contribution in [1.82, 2.24) is 0 Å². The summed E-state index contributed by atoms with van der Waals surface area (Å²) >= 11 is 5.69. The van der Waals surface area contributed by atoms with Gasteiger partial charge in [-0.05, 0) is 29.8 Å². The summed E-state index contributed by atoms with van der Waals surface area (Å²) in [6, 6.07) is 6.16. The van der Waals surface area contributed by atoms with Gasteiger partial charge >= 0.3 is 5.97 Å². The topological polar surface area (TPSA) is 71.4 Å². The highest BCUT2D eigenvalue weighted by atomic mass is 35.5. The van der Waals surface area contributed by atoms with Crippen LogP contribution in [0.2, 0.25) is 5.02 Å². The first kappa shape index (κ1) is 11.9.